The summed E-state index contributed by atoms with van der Waals surface area (Å²) in [5.74, 6) is 1.10. The van der Waals surface area contributed by atoms with Crippen molar-refractivity contribution in [3.05, 3.63) is 29.8 Å². The number of carbonyl (C=O) groups excluding carboxylic acids is 1. The van der Waals surface area contributed by atoms with E-state index < -0.39 is 0 Å². The Bertz CT molecular complexity index is 465. The Kier molecular flexibility index (Phi) is 6.02. The third-order valence-corrected chi connectivity index (χ3v) is 3.75. The van der Waals surface area contributed by atoms with E-state index in [1.165, 1.54) is 0 Å². The quantitative estimate of drug-likeness (QED) is 0.779. The van der Waals surface area contributed by atoms with E-state index in [9.17, 15) is 4.79 Å². The van der Waals surface area contributed by atoms with Crippen molar-refractivity contribution in [3.8, 4) is 5.75 Å². The Labute approximate surface area is 126 Å². The lowest BCUT2D eigenvalue weighted by molar-refractivity contribution is 0.0913. The van der Waals surface area contributed by atoms with Crippen LogP contribution >= 0.6 is 0 Å². The average Bonchev–Trinajstić information content (AvgIpc) is 2.50. The van der Waals surface area contributed by atoms with Crippen molar-refractivity contribution in [2.24, 2.45) is 5.92 Å². The summed E-state index contributed by atoms with van der Waals surface area (Å²) in [7, 11) is 1.63. The Morgan fingerprint density at radius 3 is 3.05 bits per heavy atom. The molecule has 0 radical (unpaired) electrons. The maximum absolute atomic E-state index is 12.3. The second kappa shape index (κ2) is 8.00. The number of methoxy groups -OCH3 is 1. The molecular weight excluding hydrogens is 268 g/mol. The van der Waals surface area contributed by atoms with Crippen LogP contribution in [0.4, 0.5) is 0 Å². The van der Waals surface area contributed by atoms with E-state index in [1.807, 2.05) is 18.2 Å². The molecule has 1 amide bonds. The zero-order valence-electron chi connectivity index (χ0n) is 12.7. The van der Waals surface area contributed by atoms with Crippen molar-refractivity contribution in [3.63, 3.8) is 0 Å². The first-order valence-electron chi connectivity index (χ1n) is 7.44. The number of ether oxygens (including phenoxy) is 2. The van der Waals surface area contributed by atoms with Crippen molar-refractivity contribution in [1.29, 1.82) is 0 Å². The van der Waals surface area contributed by atoms with Crippen molar-refractivity contribution >= 4 is 5.91 Å². The Morgan fingerprint density at radius 1 is 1.43 bits per heavy atom. The molecule has 2 atom stereocenters. The fraction of sp³-hybridized carbons (Fsp3) is 0.562. The van der Waals surface area contributed by atoms with Crippen molar-refractivity contribution in [2.45, 2.75) is 19.4 Å². The van der Waals surface area contributed by atoms with Crippen molar-refractivity contribution in [1.82, 2.24) is 10.6 Å². The van der Waals surface area contributed by atoms with Crippen molar-refractivity contribution < 1.29 is 14.3 Å². The molecule has 5 heteroatoms. The van der Waals surface area contributed by atoms with Crippen LogP contribution < -0.4 is 15.4 Å². The SMILES string of the molecule is COCCOc1cccc(C(=O)NC2CCNCC2C)c1. The molecular formula is C16H24N2O3. The molecule has 0 saturated carbocycles. The van der Waals surface area contributed by atoms with E-state index in [4.69, 9.17) is 9.47 Å². The van der Waals surface area contributed by atoms with Crippen LogP contribution in [0.1, 0.15) is 23.7 Å². The van der Waals surface area contributed by atoms with E-state index in [0.29, 0.717) is 30.4 Å². The van der Waals surface area contributed by atoms with Gasteiger partial charge in [-0.1, -0.05) is 13.0 Å². The van der Waals surface area contributed by atoms with Gasteiger partial charge in [-0.2, -0.15) is 0 Å². The molecule has 5 nitrogen and oxygen atoms in total. The van der Waals surface area contributed by atoms with Gasteiger partial charge in [-0.15, -0.1) is 0 Å². The summed E-state index contributed by atoms with van der Waals surface area (Å²) in [4.78, 5) is 12.3. The second-order valence-electron chi connectivity index (χ2n) is 5.42. The monoisotopic (exact) mass is 292 g/mol. The number of hydrogen-bond donors (Lipinski definition) is 2. The average molecular weight is 292 g/mol. The molecule has 2 rings (SSSR count). The number of hydrogen-bond acceptors (Lipinski definition) is 4. The minimum absolute atomic E-state index is 0.0362. The number of amides is 1. The predicted octanol–water partition coefficient (Wildman–Crippen LogP) is 1.44. The van der Waals surface area contributed by atoms with Crippen molar-refractivity contribution in [2.75, 3.05) is 33.4 Å². The molecule has 0 aliphatic carbocycles. The molecule has 1 fully saturated rings. The van der Waals surface area contributed by atoms with Crippen LogP contribution in [0.25, 0.3) is 0 Å². The molecule has 2 N–H and O–H groups in total. The van der Waals surface area contributed by atoms with E-state index in [1.54, 1.807) is 13.2 Å². The highest BCUT2D eigenvalue weighted by Gasteiger charge is 2.23. The first kappa shape index (κ1) is 15.8. The summed E-state index contributed by atoms with van der Waals surface area (Å²) in [6.45, 7) is 5.07. The van der Waals surface area contributed by atoms with E-state index in [2.05, 4.69) is 17.6 Å². The van der Waals surface area contributed by atoms with Gasteiger partial charge in [-0.3, -0.25) is 4.79 Å². The zero-order chi connectivity index (χ0) is 15.1. The van der Waals surface area contributed by atoms with Gasteiger partial charge in [0.2, 0.25) is 0 Å². The molecule has 0 bridgehead atoms. The molecule has 21 heavy (non-hydrogen) atoms. The van der Waals surface area contributed by atoms with Gasteiger partial charge in [-0.25, -0.2) is 0 Å². The van der Waals surface area contributed by atoms with Crippen LogP contribution in [-0.2, 0) is 4.74 Å². The summed E-state index contributed by atoms with van der Waals surface area (Å²) in [6.07, 6.45) is 0.969. The molecule has 1 saturated heterocycles. The van der Waals surface area contributed by atoms with Gasteiger partial charge in [0.15, 0.2) is 0 Å². The van der Waals surface area contributed by atoms with Crippen LogP contribution in [0.5, 0.6) is 5.75 Å². The van der Waals surface area contributed by atoms with Gasteiger partial charge in [0.1, 0.15) is 12.4 Å². The maximum Gasteiger partial charge on any atom is 0.251 e. The molecule has 1 aromatic carbocycles. The molecule has 116 valence electrons. The second-order valence-corrected chi connectivity index (χ2v) is 5.42. The number of piperidine rings is 1. The third kappa shape index (κ3) is 4.72. The smallest absolute Gasteiger partial charge is 0.251 e. The maximum atomic E-state index is 12.3. The largest absolute Gasteiger partial charge is 0.491 e. The fourth-order valence-electron chi connectivity index (χ4n) is 2.45. The summed E-state index contributed by atoms with van der Waals surface area (Å²) < 4.78 is 10.5. The Hall–Kier alpha value is -1.59. The molecule has 1 aliphatic heterocycles. The van der Waals surface area contributed by atoms with Gasteiger partial charge in [-0.05, 0) is 43.6 Å². The lowest BCUT2D eigenvalue weighted by Gasteiger charge is -2.30. The van der Waals surface area contributed by atoms with Gasteiger partial charge in [0.25, 0.3) is 5.91 Å². The highest BCUT2D eigenvalue weighted by atomic mass is 16.5. The predicted molar refractivity (Wildman–Crippen MR) is 81.7 cm³/mol. The van der Waals surface area contributed by atoms with Gasteiger partial charge >= 0.3 is 0 Å². The highest BCUT2D eigenvalue weighted by Crippen LogP contribution is 2.15. The van der Waals surface area contributed by atoms with Crippen LogP contribution in [0, 0.1) is 5.92 Å². The molecule has 1 heterocycles. The van der Waals surface area contributed by atoms with Crippen LogP contribution in [0.3, 0.4) is 0 Å². The molecule has 0 aromatic heterocycles. The minimum Gasteiger partial charge on any atom is -0.491 e. The highest BCUT2D eigenvalue weighted by molar-refractivity contribution is 5.94. The third-order valence-electron chi connectivity index (χ3n) is 3.75. The van der Waals surface area contributed by atoms with Crippen LogP contribution in [0.15, 0.2) is 24.3 Å². The Morgan fingerprint density at radius 2 is 2.29 bits per heavy atom. The number of rotatable bonds is 6. The zero-order valence-corrected chi connectivity index (χ0v) is 12.7. The minimum atomic E-state index is -0.0362. The van der Waals surface area contributed by atoms with Gasteiger partial charge in [0, 0.05) is 18.7 Å². The number of nitrogens with one attached hydrogen (secondary N) is 2. The molecule has 1 aliphatic rings. The number of benzene rings is 1. The van der Waals surface area contributed by atoms with E-state index in [-0.39, 0.29) is 11.9 Å². The lowest BCUT2D eigenvalue weighted by atomic mass is 9.95. The van der Waals surface area contributed by atoms with Crippen LogP contribution in [0.2, 0.25) is 0 Å². The van der Waals surface area contributed by atoms with Gasteiger partial charge in [0.05, 0.1) is 6.61 Å². The summed E-state index contributed by atoms with van der Waals surface area (Å²) >= 11 is 0. The standard InChI is InChI=1S/C16H24N2O3/c1-12-11-17-7-6-15(12)18-16(19)13-4-3-5-14(10-13)21-9-8-20-2/h3-5,10,12,15,17H,6-9,11H2,1-2H3,(H,18,19). The first-order valence-corrected chi connectivity index (χ1v) is 7.44. The molecule has 1 aromatic rings. The Balaban J connectivity index is 1.93. The topological polar surface area (TPSA) is 59.6 Å². The number of carbonyl (C=O) groups is 1. The van der Waals surface area contributed by atoms with Crippen LogP contribution in [-0.4, -0.2) is 45.4 Å². The van der Waals surface area contributed by atoms with E-state index >= 15 is 0 Å². The normalized spacial score (nSPS) is 21.8. The molecule has 2 unspecified atom stereocenters. The lowest BCUT2D eigenvalue weighted by Crippen LogP contribution is -2.48. The summed E-state index contributed by atoms with van der Waals surface area (Å²) in [6, 6.07) is 7.50. The summed E-state index contributed by atoms with van der Waals surface area (Å²) in [5, 5.41) is 6.45. The summed E-state index contributed by atoms with van der Waals surface area (Å²) in [5.41, 5.74) is 0.635. The molecule has 0 spiro atoms. The van der Waals surface area contributed by atoms with E-state index in [0.717, 1.165) is 19.5 Å². The van der Waals surface area contributed by atoms with Gasteiger partial charge < -0.3 is 20.1 Å². The first-order chi connectivity index (χ1) is 10.2. The fourth-order valence-corrected chi connectivity index (χ4v) is 2.45.